The highest BCUT2D eigenvalue weighted by atomic mass is 16.6. The summed E-state index contributed by atoms with van der Waals surface area (Å²) >= 11 is 0. The number of alkyl carbamates (subject to hydrolysis) is 1. The van der Waals surface area contributed by atoms with Gasteiger partial charge in [-0.05, 0) is 27.7 Å². The number of carbonyl (C=O) groups excluding carboxylic acids is 2. The van der Waals surface area contributed by atoms with E-state index in [1.54, 1.807) is 45.6 Å². The maximum Gasteiger partial charge on any atom is 0.408 e. The lowest BCUT2D eigenvalue weighted by Gasteiger charge is -2.19. The summed E-state index contributed by atoms with van der Waals surface area (Å²) in [6, 6.07) is 0. The molecule has 0 aromatic carbocycles. The Balaban J connectivity index is 2.52. The minimum atomic E-state index is -0.600. The number of amides is 1. The Morgan fingerprint density at radius 3 is 2.50 bits per heavy atom. The first-order valence-corrected chi connectivity index (χ1v) is 5.69. The van der Waals surface area contributed by atoms with Gasteiger partial charge in [0.25, 0.3) is 0 Å². The zero-order chi connectivity index (χ0) is 13.9. The van der Waals surface area contributed by atoms with Gasteiger partial charge in [-0.2, -0.15) is 5.10 Å². The molecule has 0 saturated heterocycles. The van der Waals surface area contributed by atoms with Crippen LogP contribution >= 0.6 is 0 Å². The molecule has 0 atom stereocenters. The molecule has 0 fully saturated rings. The van der Waals surface area contributed by atoms with Gasteiger partial charge < -0.3 is 10.1 Å². The van der Waals surface area contributed by atoms with Crippen molar-refractivity contribution in [3.05, 3.63) is 17.5 Å². The summed E-state index contributed by atoms with van der Waals surface area (Å²) in [5.41, 5.74) is 0.583. The molecule has 6 nitrogen and oxygen atoms in total. The highest BCUT2D eigenvalue weighted by Crippen LogP contribution is 2.07. The van der Waals surface area contributed by atoms with E-state index in [0.717, 1.165) is 0 Å². The Kier molecular flexibility index (Phi) is 4.11. The van der Waals surface area contributed by atoms with Gasteiger partial charge in [0.2, 0.25) is 0 Å². The number of hydrogen-bond donors (Lipinski definition) is 1. The number of Topliss-reactive ketones (excluding diaryl/α,β-unsaturated/α-hetero) is 1. The molecular weight excluding hydrogens is 234 g/mol. The van der Waals surface area contributed by atoms with Crippen LogP contribution in [0.2, 0.25) is 0 Å². The molecule has 0 aliphatic heterocycles. The third kappa shape index (κ3) is 4.20. The third-order valence-corrected chi connectivity index (χ3v) is 2.11. The van der Waals surface area contributed by atoms with Crippen molar-refractivity contribution in [2.45, 2.75) is 33.3 Å². The Morgan fingerprint density at radius 2 is 2.06 bits per heavy atom. The molecule has 0 aliphatic carbocycles. The highest BCUT2D eigenvalue weighted by Gasteiger charge is 2.18. The Labute approximate surface area is 106 Å². The van der Waals surface area contributed by atoms with Gasteiger partial charge in [0.05, 0.1) is 17.8 Å². The van der Waals surface area contributed by atoms with Crippen molar-refractivity contribution >= 4 is 11.9 Å². The first-order chi connectivity index (χ1) is 8.19. The predicted molar refractivity (Wildman–Crippen MR) is 66.5 cm³/mol. The molecule has 1 N–H and O–H groups in total. The number of carbonyl (C=O) groups is 2. The van der Waals surface area contributed by atoms with Gasteiger partial charge in [-0.1, -0.05) is 0 Å². The first-order valence-electron chi connectivity index (χ1n) is 5.69. The van der Waals surface area contributed by atoms with E-state index in [2.05, 4.69) is 10.4 Å². The average Bonchev–Trinajstić information content (AvgIpc) is 2.52. The van der Waals surface area contributed by atoms with Crippen LogP contribution in [0.1, 0.15) is 36.8 Å². The van der Waals surface area contributed by atoms with Gasteiger partial charge in [0.1, 0.15) is 5.60 Å². The molecule has 0 aliphatic rings. The second-order valence-corrected chi connectivity index (χ2v) is 5.08. The topological polar surface area (TPSA) is 73.2 Å². The fourth-order valence-corrected chi connectivity index (χ4v) is 1.44. The monoisotopic (exact) mass is 253 g/mol. The molecule has 0 saturated carbocycles. The first kappa shape index (κ1) is 14.2. The summed E-state index contributed by atoms with van der Waals surface area (Å²) in [7, 11) is 1.74. The number of ether oxygens (including phenoxy) is 1. The summed E-state index contributed by atoms with van der Waals surface area (Å²) in [5, 5.41) is 6.50. The normalized spacial score (nSPS) is 11.2. The smallest absolute Gasteiger partial charge is 0.408 e. The molecule has 1 aromatic rings. The Morgan fingerprint density at radius 1 is 1.44 bits per heavy atom. The summed E-state index contributed by atoms with van der Waals surface area (Å²) in [6.07, 6.45) is 1.03. The maximum absolute atomic E-state index is 11.8. The van der Waals surface area contributed by atoms with E-state index in [-0.39, 0.29) is 12.3 Å². The van der Waals surface area contributed by atoms with E-state index in [0.29, 0.717) is 11.3 Å². The standard InChI is InChI=1S/C12H19N3O3/c1-8-9(7-15(5)14-8)10(16)6-13-11(17)18-12(2,3)4/h7H,6H2,1-5H3,(H,13,17). The van der Waals surface area contributed by atoms with E-state index in [4.69, 9.17) is 4.74 Å². The molecule has 1 heterocycles. The molecule has 1 aromatic heterocycles. The van der Waals surface area contributed by atoms with Gasteiger partial charge >= 0.3 is 6.09 Å². The SMILES string of the molecule is Cc1nn(C)cc1C(=O)CNC(=O)OC(C)(C)C. The maximum atomic E-state index is 11.8. The average molecular weight is 253 g/mol. The van der Waals surface area contributed by atoms with Crippen LogP contribution in [0.25, 0.3) is 0 Å². The van der Waals surface area contributed by atoms with Crippen molar-refractivity contribution in [3.8, 4) is 0 Å². The van der Waals surface area contributed by atoms with Crippen LogP contribution in [-0.2, 0) is 11.8 Å². The molecule has 1 amide bonds. The molecule has 0 radical (unpaired) electrons. The minimum Gasteiger partial charge on any atom is -0.444 e. The molecule has 0 spiro atoms. The lowest BCUT2D eigenvalue weighted by atomic mass is 10.2. The number of nitrogens with zero attached hydrogens (tertiary/aromatic N) is 2. The fourth-order valence-electron chi connectivity index (χ4n) is 1.44. The van der Waals surface area contributed by atoms with E-state index >= 15 is 0 Å². The van der Waals surface area contributed by atoms with Crippen LogP contribution in [0.3, 0.4) is 0 Å². The Bertz CT molecular complexity index is 458. The number of hydrogen-bond acceptors (Lipinski definition) is 4. The summed E-state index contributed by atoms with van der Waals surface area (Å²) in [4.78, 5) is 23.2. The molecule has 1 rings (SSSR count). The van der Waals surface area contributed by atoms with Crippen molar-refractivity contribution in [2.24, 2.45) is 7.05 Å². The van der Waals surface area contributed by atoms with Gasteiger partial charge in [0.15, 0.2) is 5.78 Å². The van der Waals surface area contributed by atoms with E-state index in [9.17, 15) is 9.59 Å². The van der Waals surface area contributed by atoms with Crippen LogP contribution in [0, 0.1) is 6.92 Å². The van der Waals surface area contributed by atoms with E-state index in [1.807, 2.05) is 0 Å². The van der Waals surface area contributed by atoms with Crippen molar-refractivity contribution in [3.63, 3.8) is 0 Å². The second kappa shape index (κ2) is 5.20. The fraction of sp³-hybridized carbons (Fsp3) is 0.583. The number of rotatable bonds is 3. The lowest BCUT2D eigenvalue weighted by molar-refractivity contribution is 0.0520. The van der Waals surface area contributed by atoms with Crippen LogP contribution < -0.4 is 5.32 Å². The van der Waals surface area contributed by atoms with E-state index in [1.165, 1.54) is 0 Å². The molecule has 18 heavy (non-hydrogen) atoms. The third-order valence-electron chi connectivity index (χ3n) is 2.11. The number of ketones is 1. The number of aromatic nitrogens is 2. The molecule has 0 bridgehead atoms. The van der Waals surface area contributed by atoms with Crippen molar-refractivity contribution < 1.29 is 14.3 Å². The van der Waals surface area contributed by atoms with Crippen molar-refractivity contribution in [1.29, 1.82) is 0 Å². The Hall–Kier alpha value is -1.85. The molecule has 0 unspecified atom stereocenters. The van der Waals surface area contributed by atoms with Crippen LogP contribution in [0.5, 0.6) is 0 Å². The number of nitrogens with one attached hydrogen (secondary N) is 1. The highest BCUT2D eigenvalue weighted by molar-refractivity contribution is 5.99. The van der Waals surface area contributed by atoms with Crippen molar-refractivity contribution in [2.75, 3.05) is 6.54 Å². The van der Waals surface area contributed by atoms with Gasteiger partial charge in [-0.3, -0.25) is 9.48 Å². The van der Waals surface area contributed by atoms with Crippen LogP contribution in [0.15, 0.2) is 6.20 Å². The molecule has 100 valence electrons. The zero-order valence-electron chi connectivity index (χ0n) is 11.4. The van der Waals surface area contributed by atoms with Crippen molar-refractivity contribution in [1.82, 2.24) is 15.1 Å². The second-order valence-electron chi connectivity index (χ2n) is 5.08. The van der Waals surface area contributed by atoms with Gasteiger partial charge in [-0.25, -0.2) is 4.79 Å². The van der Waals surface area contributed by atoms with Gasteiger partial charge in [-0.15, -0.1) is 0 Å². The summed E-state index contributed by atoms with van der Waals surface area (Å²) < 4.78 is 6.60. The number of aryl methyl sites for hydroxylation is 2. The predicted octanol–water partition coefficient (Wildman–Crippen LogP) is 1.44. The molecular formula is C12H19N3O3. The largest absolute Gasteiger partial charge is 0.444 e. The lowest BCUT2D eigenvalue weighted by Crippen LogP contribution is -2.35. The van der Waals surface area contributed by atoms with Gasteiger partial charge in [0, 0.05) is 13.2 Å². The summed E-state index contributed by atoms with van der Waals surface area (Å²) in [6.45, 7) is 6.95. The minimum absolute atomic E-state index is 0.0958. The van der Waals surface area contributed by atoms with Crippen LogP contribution in [-0.4, -0.2) is 33.8 Å². The van der Waals surface area contributed by atoms with E-state index < -0.39 is 11.7 Å². The van der Waals surface area contributed by atoms with Crippen LogP contribution in [0.4, 0.5) is 4.79 Å². The quantitative estimate of drug-likeness (QED) is 0.827. The zero-order valence-corrected chi connectivity index (χ0v) is 11.4. The molecule has 6 heteroatoms. The summed E-state index contributed by atoms with van der Waals surface area (Å²) in [5.74, 6) is -0.188.